The van der Waals surface area contributed by atoms with Gasteiger partial charge >= 0.3 is 0 Å². The summed E-state index contributed by atoms with van der Waals surface area (Å²) in [5.41, 5.74) is 0.660. The minimum atomic E-state index is 0.333. The van der Waals surface area contributed by atoms with Crippen LogP contribution in [0, 0.1) is 11.3 Å². The predicted octanol–water partition coefficient (Wildman–Crippen LogP) is 2.44. The van der Waals surface area contributed by atoms with Gasteiger partial charge in [-0.1, -0.05) is 0 Å². The Kier molecular flexibility index (Phi) is 5.40. The third-order valence-corrected chi connectivity index (χ3v) is 3.81. The Labute approximate surface area is 120 Å². The van der Waals surface area contributed by atoms with E-state index in [9.17, 15) is 0 Å². The van der Waals surface area contributed by atoms with E-state index in [1.54, 1.807) is 12.1 Å². The summed E-state index contributed by atoms with van der Waals surface area (Å²) in [5.74, 6) is 0.823. The second-order valence-electron chi connectivity index (χ2n) is 5.25. The zero-order valence-corrected chi connectivity index (χ0v) is 12.2. The number of hydrogen-bond donors (Lipinski definition) is 0. The van der Waals surface area contributed by atoms with Crippen LogP contribution in [0.4, 0.5) is 0 Å². The molecule has 0 aromatic heterocycles. The van der Waals surface area contributed by atoms with Gasteiger partial charge in [-0.05, 0) is 51.1 Å². The van der Waals surface area contributed by atoms with Gasteiger partial charge in [0, 0.05) is 19.2 Å². The quantitative estimate of drug-likeness (QED) is 0.747. The second-order valence-corrected chi connectivity index (χ2v) is 5.25. The monoisotopic (exact) mass is 274 g/mol. The molecule has 0 bridgehead atoms. The van der Waals surface area contributed by atoms with E-state index in [1.807, 2.05) is 12.1 Å². The lowest BCUT2D eigenvalue weighted by atomic mass is 10.1. The van der Waals surface area contributed by atoms with Gasteiger partial charge < -0.3 is 14.4 Å². The third-order valence-electron chi connectivity index (χ3n) is 3.81. The van der Waals surface area contributed by atoms with Gasteiger partial charge in [0.2, 0.25) is 0 Å². The summed E-state index contributed by atoms with van der Waals surface area (Å²) in [4.78, 5) is 2.36. The number of likely N-dealkylation sites (N-methyl/N-ethyl adjacent to an activating group) is 1. The summed E-state index contributed by atoms with van der Waals surface area (Å²) >= 11 is 0. The molecule has 20 heavy (non-hydrogen) atoms. The van der Waals surface area contributed by atoms with Crippen molar-refractivity contribution in [2.24, 2.45) is 0 Å². The van der Waals surface area contributed by atoms with Gasteiger partial charge in [-0.25, -0.2) is 0 Å². The Bertz CT molecular complexity index is 453. The Morgan fingerprint density at radius 3 is 2.75 bits per heavy atom. The van der Waals surface area contributed by atoms with E-state index in [0.717, 1.165) is 31.7 Å². The standard InChI is InChI=1S/C16H22N2O2/c1-13-16(8-11-19-13)18(2)9-3-10-20-15-6-4-14(12-17)5-7-15/h4-7,13,16H,3,8-11H2,1-2H3. The van der Waals surface area contributed by atoms with E-state index in [2.05, 4.69) is 24.9 Å². The highest BCUT2D eigenvalue weighted by atomic mass is 16.5. The van der Waals surface area contributed by atoms with Crippen molar-refractivity contribution < 1.29 is 9.47 Å². The minimum absolute atomic E-state index is 0.333. The fourth-order valence-electron chi connectivity index (χ4n) is 2.59. The van der Waals surface area contributed by atoms with Crippen molar-refractivity contribution in [3.63, 3.8) is 0 Å². The van der Waals surface area contributed by atoms with E-state index in [4.69, 9.17) is 14.7 Å². The minimum Gasteiger partial charge on any atom is -0.494 e. The van der Waals surface area contributed by atoms with Crippen LogP contribution in [-0.4, -0.2) is 43.9 Å². The first-order chi connectivity index (χ1) is 9.70. The maximum atomic E-state index is 8.72. The number of ether oxygens (including phenoxy) is 2. The second kappa shape index (κ2) is 7.28. The number of rotatable bonds is 6. The van der Waals surface area contributed by atoms with E-state index in [1.165, 1.54) is 0 Å². The van der Waals surface area contributed by atoms with Crippen molar-refractivity contribution in [2.45, 2.75) is 31.9 Å². The molecule has 1 heterocycles. The number of nitrogens with zero attached hydrogens (tertiary/aromatic N) is 2. The van der Waals surface area contributed by atoms with Gasteiger partial charge in [-0.2, -0.15) is 5.26 Å². The number of hydrogen-bond acceptors (Lipinski definition) is 4. The molecule has 1 aliphatic rings. The van der Waals surface area contributed by atoms with Crippen LogP contribution in [0.5, 0.6) is 5.75 Å². The molecule has 4 nitrogen and oxygen atoms in total. The molecular weight excluding hydrogens is 252 g/mol. The SMILES string of the molecule is CC1OCCC1N(C)CCCOc1ccc(C#N)cc1. The van der Waals surface area contributed by atoms with Crippen molar-refractivity contribution in [3.8, 4) is 11.8 Å². The normalized spacial score (nSPS) is 21.9. The van der Waals surface area contributed by atoms with Gasteiger partial charge in [-0.3, -0.25) is 0 Å². The summed E-state index contributed by atoms with van der Waals surface area (Å²) in [7, 11) is 2.15. The first kappa shape index (κ1) is 14.8. The Balaban J connectivity index is 1.67. The van der Waals surface area contributed by atoms with Crippen molar-refractivity contribution in [1.29, 1.82) is 5.26 Å². The van der Waals surface area contributed by atoms with E-state index >= 15 is 0 Å². The molecule has 1 aliphatic heterocycles. The van der Waals surface area contributed by atoms with Crippen LogP contribution in [0.1, 0.15) is 25.3 Å². The maximum Gasteiger partial charge on any atom is 0.119 e. The molecule has 108 valence electrons. The highest BCUT2D eigenvalue weighted by Crippen LogP contribution is 2.18. The fraction of sp³-hybridized carbons (Fsp3) is 0.562. The van der Waals surface area contributed by atoms with E-state index < -0.39 is 0 Å². The molecule has 0 radical (unpaired) electrons. The van der Waals surface area contributed by atoms with Crippen molar-refractivity contribution >= 4 is 0 Å². The highest BCUT2D eigenvalue weighted by molar-refractivity contribution is 5.34. The molecule has 2 unspecified atom stereocenters. The largest absolute Gasteiger partial charge is 0.494 e. The van der Waals surface area contributed by atoms with Crippen molar-refractivity contribution in [2.75, 3.05) is 26.8 Å². The van der Waals surface area contributed by atoms with Crippen LogP contribution in [0.15, 0.2) is 24.3 Å². The van der Waals surface area contributed by atoms with Gasteiger partial charge in [0.05, 0.1) is 24.3 Å². The maximum absolute atomic E-state index is 8.72. The number of benzene rings is 1. The van der Waals surface area contributed by atoms with Gasteiger partial charge in [0.15, 0.2) is 0 Å². The lowest BCUT2D eigenvalue weighted by Gasteiger charge is -2.26. The summed E-state index contributed by atoms with van der Waals surface area (Å²) in [6, 6.07) is 9.87. The first-order valence-electron chi connectivity index (χ1n) is 7.15. The zero-order chi connectivity index (χ0) is 14.4. The molecular formula is C16H22N2O2. The van der Waals surface area contributed by atoms with Gasteiger partial charge in [0.25, 0.3) is 0 Å². The molecule has 1 fully saturated rings. The Morgan fingerprint density at radius 2 is 2.15 bits per heavy atom. The van der Waals surface area contributed by atoms with Crippen LogP contribution in [0.3, 0.4) is 0 Å². The summed E-state index contributed by atoms with van der Waals surface area (Å²) in [6.07, 6.45) is 2.44. The van der Waals surface area contributed by atoms with Gasteiger partial charge in [-0.15, -0.1) is 0 Å². The Morgan fingerprint density at radius 1 is 1.40 bits per heavy atom. The fourth-order valence-corrected chi connectivity index (χ4v) is 2.59. The van der Waals surface area contributed by atoms with E-state index in [-0.39, 0.29) is 0 Å². The van der Waals surface area contributed by atoms with Crippen molar-refractivity contribution in [1.82, 2.24) is 4.90 Å². The zero-order valence-electron chi connectivity index (χ0n) is 12.2. The molecule has 4 heteroatoms. The lowest BCUT2D eigenvalue weighted by molar-refractivity contribution is 0.0818. The highest BCUT2D eigenvalue weighted by Gasteiger charge is 2.27. The summed E-state index contributed by atoms with van der Waals surface area (Å²) in [5, 5.41) is 8.72. The molecule has 2 atom stereocenters. The van der Waals surface area contributed by atoms with Crippen LogP contribution in [-0.2, 0) is 4.74 Å². The van der Waals surface area contributed by atoms with Crippen LogP contribution in [0.25, 0.3) is 0 Å². The molecule has 0 saturated carbocycles. The average molecular weight is 274 g/mol. The summed E-state index contributed by atoms with van der Waals surface area (Å²) in [6.45, 7) is 4.71. The predicted molar refractivity (Wildman–Crippen MR) is 77.7 cm³/mol. The lowest BCUT2D eigenvalue weighted by Crippen LogP contribution is -2.37. The molecule has 0 amide bonds. The Hall–Kier alpha value is -1.57. The van der Waals surface area contributed by atoms with Gasteiger partial charge in [0.1, 0.15) is 5.75 Å². The molecule has 0 N–H and O–H groups in total. The average Bonchev–Trinajstić information content (AvgIpc) is 2.90. The van der Waals surface area contributed by atoms with Crippen LogP contribution in [0.2, 0.25) is 0 Å². The first-order valence-corrected chi connectivity index (χ1v) is 7.15. The third kappa shape index (κ3) is 3.96. The van der Waals surface area contributed by atoms with Crippen LogP contribution < -0.4 is 4.74 Å². The number of nitriles is 1. The van der Waals surface area contributed by atoms with Crippen LogP contribution >= 0.6 is 0 Å². The van der Waals surface area contributed by atoms with Crippen molar-refractivity contribution in [3.05, 3.63) is 29.8 Å². The molecule has 0 aliphatic carbocycles. The molecule has 2 rings (SSSR count). The molecule has 0 spiro atoms. The molecule has 1 aromatic carbocycles. The summed E-state index contributed by atoms with van der Waals surface area (Å²) < 4.78 is 11.3. The molecule has 1 aromatic rings. The smallest absolute Gasteiger partial charge is 0.119 e. The molecule has 1 saturated heterocycles. The van der Waals surface area contributed by atoms with E-state index in [0.29, 0.717) is 24.3 Å². The topological polar surface area (TPSA) is 45.5 Å².